The molecule has 0 spiro atoms. The number of hydrogen-bond acceptors (Lipinski definition) is 16. The van der Waals surface area contributed by atoms with E-state index in [1.807, 2.05) is 203 Å². The van der Waals surface area contributed by atoms with Crippen LogP contribution in [-0.4, -0.2) is 83.4 Å². The Labute approximate surface area is 893 Å². The molecule has 140 heavy (non-hydrogen) atoms. The van der Waals surface area contributed by atoms with Crippen molar-refractivity contribution in [2.75, 3.05) is 0 Å². The Balaban J connectivity index is 0.000000806. The van der Waals surface area contributed by atoms with E-state index < -0.39 is 21.7 Å². The summed E-state index contributed by atoms with van der Waals surface area (Å²) in [6.07, 6.45) is 23.2. The number of fused-ring (bicyclic) bond motifs is 4. The first-order valence-corrected chi connectivity index (χ1v) is 47.5. The molecule has 1 unspecified atom stereocenters. The van der Waals surface area contributed by atoms with Crippen molar-refractivity contribution in [3.63, 3.8) is 0 Å². The molecule has 8 heterocycles. The number of ketones is 4. The third kappa shape index (κ3) is 42.2. The van der Waals surface area contributed by atoms with Gasteiger partial charge in [-0.15, -0.1) is 140 Å². The van der Waals surface area contributed by atoms with Gasteiger partial charge in [0.2, 0.25) is 0 Å². The quantitative estimate of drug-likeness (QED) is 0.0449. The maximum Gasteiger partial charge on any atom is 0.164 e. The van der Waals surface area contributed by atoms with E-state index >= 15 is 0 Å². The van der Waals surface area contributed by atoms with Crippen LogP contribution in [0, 0.1) is 95.3 Å². The second-order valence-corrected chi connectivity index (χ2v) is 44.9. The van der Waals surface area contributed by atoms with E-state index in [0.29, 0.717) is 17.8 Å². The van der Waals surface area contributed by atoms with E-state index in [9.17, 15) is 39.6 Å². The van der Waals surface area contributed by atoms with Crippen LogP contribution in [0.1, 0.15) is 310 Å². The summed E-state index contributed by atoms with van der Waals surface area (Å²) >= 11 is 0. The minimum atomic E-state index is -0.417. The van der Waals surface area contributed by atoms with Crippen LogP contribution >= 0.6 is 0 Å². The minimum absolute atomic E-state index is 0. The maximum atomic E-state index is 11.5. The van der Waals surface area contributed by atoms with Crippen molar-refractivity contribution >= 4 is 66.7 Å². The molecule has 0 aliphatic carbocycles. The number of aliphatic hydroxyl groups excluding tert-OH is 4. The fourth-order valence-corrected chi connectivity index (χ4v) is 12.5. The predicted molar refractivity (Wildman–Crippen MR) is 568 cm³/mol. The Kier molecular flexibility index (Phi) is 50.9. The standard InChI is InChI=1S/C20H21N2.2C19H19N2.C18H17N2.4C11H20O2.4Ir/c1-4-15(5-2)17-10-14(3)11-18(12-17)19-7-6-16-8-9-21-13-20(16)22-19;1-13-9-15(11-16(10-13)19(2,3)4)17-6-5-14-7-8-20-12-18(14)21-17;1-4-14(3)16-9-13(2)10-17(11-16)18-6-5-15-7-8-20-12-19(15)21-18;1-12(2)15-8-13(3)9-16(10-15)17-5-4-14-6-7-19-11-18(14)20-17;4*1-10(2,3)8(12)7-9(13)11(4,5)6;;;;/h6-10,12-13,15H,4-5H2,1-3H3;5-8,10-12H,1-4H3;5-9,11-12,14H,4H2,1-3H3;4-8,10-12H,1-3H3;4*7,12H,1-6H3;;;;/q4*-1;;;;;;;;. The average Bonchev–Trinajstić information content (AvgIpc) is 0.820. The number of aryl methyl sites for hydroxylation is 4. The van der Waals surface area contributed by atoms with Crippen molar-refractivity contribution in [1.82, 2.24) is 39.9 Å². The Bertz CT molecular complexity index is 5990. The molecular weight excluding hydrogens is 2450 g/mol. The van der Waals surface area contributed by atoms with Gasteiger partial charge < -0.3 is 20.4 Å². The summed E-state index contributed by atoms with van der Waals surface area (Å²) in [6, 6.07) is 55.9. The molecule has 764 valence electrons. The molecule has 0 bridgehead atoms. The van der Waals surface area contributed by atoms with Gasteiger partial charge in [0.1, 0.15) is 23.0 Å². The van der Waals surface area contributed by atoms with E-state index in [1.165, 1.54) is 52.1 Å². The van der Waals surface area contributed by atoms with Gasteiger partial charge in [-0.05, 0) is 70.2 Å². The number of carbonyl (C=O) groups excluding carboxylic acids is 4. The summed E-state index contributed by atoms with van der Waals surface area (Å²) < 4.78 is 0. The summed E-state index contributed by atoms with van der Waals surface area (Å²) in [5.41, 5.74) is 18.9. The van der Waals surface area contributed by atoms with Crippen LogP contribution in [0.15, 0.2) is 218 Å². The zero-order valence-corrected chi connectivity index (χ0v) is 99.7. The number of carbonyl (C=O) groups is 4. The summed E-state index contributed by atoms with van der Waals surface area (Å²) in [7, 11) is 0. The van der Waals surface area contributed by atoms with Crippen molar-refractivity contribution in [2.45, 2.75) is 299 Å². The molecule has 8 aromatic heterocycles. The topological polar surface area (TPSA) is 252 Å². The molecule has 16 nitrogen and oxygen atoms in total. The molecule has 20 heteroatoms. The first-order chi connectivity index (χ1) is 62.6. The van der Waals surface area contributed by atoms with E-state index in [4.69, 9.17) is 19.9 Å². The van der Waals surface area contributed by atoms with Gasteiger partial charge in [0, 0.05) is 194 Å². The van der Waals surface area contributed by atoms with Crippen molar-refractivity contribution in [3.05, 3.63) is 287 Å². The summed E-state index contributed by atoms with van der Waals surface area (Å²) in [4.78, 5) is 81.4. The van der Waals surface area contributed by atoms with Crippen LogP contribution in [0.3, 0.4) is 0 Å². The molecule has 4 radical (unpaired) electrons. The molecule has 0 aliphatic heterocycles. The van der Waals surface area contributed by atoms with Gasteiger partial charge in [0.05, 0.1) is 46.9 Å². The van der Waals surface area contributed by atoms with Crippen molar-refractivity contribution < 1.29 is 120 Å². The Morgan fingerprint density at radius 2 is 0.529 bits per heavy atom. The smallest absolute Gasteiger partial charge is 0.164 e. The predicted octanol–water partition coefficient (Wildman–Crippen LogP) is 31.8. The van der Waals surface area contributed by atoms with Crippen molar-refractivity contribution in [2.24, 2.45) is 43.3 Å². The minimum Gasteiger partial charge on any atom is -0.512 e. The Morgan fingerprint density at radius 1 is 0.300 bits per heavy atom. The Morgan fingerprint density at radius 3 is 0.757 bits per heavy atom. The monoisotopic (exact) mass is 2610 g/mol. The number of benzene rings is 4. The van der Waals surface area contributed by atoms with Crippen LogP contribution in [-0.2, 0) is 105 Å². The van der Waals surface area contributed by atoms with Gasteiger partial charge in [-0.1, -0.05) is 324 Å². The second-order valence-electron chi connectivity index (χ2n) is 44.9. The first kappa shape index (κ1) is 129. The molecule has 0 fully saturated rings. The third-order valence-corrected chi connectivity index (χ3v) is 22.4. The van der Waals surface area contributed by atoms with Crippen LogP contribution in [0.2, 0.25) is 0 Å². The molecule has 12 rings (SSSR count). The second kappa shape index (κ2) is 55.4. The van der Waals surface area contributed by atoms with E-state index in [1.54, 1.807) is 37.2 Å². The van der Waals surface area contributed by atoms with Crippen LogP contribution in [0.25, 0.3) is 88.6 Å². The van der Waals surface area contributed by atoms with Crippen LogP contribution in [0.5, 0.6) is 0 Å². The van der Waals surface area contributed by atoms with Gasteiger partial charge >= 0.3 is 0 Å². The van der Waals surface area contributed by atoms with Crippen LogP contribution < -0.4 is 0 Å². The number of aromatic nitrogens is 8. The number of hydrogen-bond donors (Lipinski definition) is 4. The van der Waals surface area contributed by atoms with Gasteiger partial charge in [0.15, 0.2) is 23.1 Å². The molecule has 0 saturated carbocycles. The summed E-state index contributed by atoms with van der Waals surface area (Å²) in [6.45, 7) is 72.9. The van der Waals surface area contributed by atoms with Crippen LogP contribution in [0.4, 0.5) is 0 Å². The van der Waals surface area contributed by atoms with Gasteiger partial charge in [-0.3, -0.25) is 59.0 Å². The molecule has 0 saturated heterocycles. The summed E-state index contributed by atoms with van der Waals surface area (Å²) in [5.74, 6) is 2.08. The van der Waals surface area contributed by atoms with Gasteiger partial charge in [-0.25, -0.2) is 0 Å². The fourth-order valence-electron chi connectivity index (χ4n) is 12.5. The largest absolute Gasteiger partial charge is 0.512 e. The first-order valence-electron chi connectivity index (χ1n) is 47.5. The van der Waals surface area contributed by atoms with E-state index in [0.717, 1.165) is 125 Å². The fraction of sp³-hybridized carbons (Fsp3) is 0.433. The molecule has 12 aromatic rings. The average molecular weight is 2610 g/mol. The van der Waals surface area contributed by atoms with Crippen molar-refractivity contribution in [3.8, 4) is 45.0 Å². The van der Waals surface area contributed by atoms with Crippen molar-refractivity contribution in [1.29, 1.82) is 0 Å². The van der Waals surface area contributed by atoms with E-state index in [2.05, 4.69) is 231 Å². The number of nitrogens with zero attached hydrogens (tertiary/aromatic N) is 8. The number of aliphatic hydroxyl groups is 4. The third-order valence-electron chi connectivity index (χ3n) is 22.4. The molecule has 1 atom stereocenters. The normalized spacial score (nSPS) is 12.4. The summed E-state index contributed by atoms with van der Waals surface area (Å²) in [5, 5.41) is 42.7. The molecule has 4 aromatic carbocycles. The number of allylic oxidation sites excluding steroid dienone is 8. The van der Waals surface area contributed by atoms with Gasteiger partial charge in [0.25, 0.3) is 0 Å². The number of rotatable bonds is 14. The molecule has 4 N–H and O–H groups in total. The molecule has 0 amide bonds. The zero-order valence-electron chi connectivity index (χ0n) is 90.2. The molecular formula is C120H156Ir4N8O8-4. The molecule has 0 aliphatic rings. The SMILES string of the molecule is CC(C)(C)C(=O)C=C(O)C(C)(C)C.CC(C)(C)C(=O)C=C(O)C(C)(C)C.CC(C)(C)C(=O)C=C(O)C(C)(C)C.CC(C)(C)C(=O)C=C(O)C(C)(C)C.CCC(C)c1cc(C)[c-]c(-c2ccc3ccncc3n2)c1.CCC(CC)c1cc(C)[c-]c(-c2ccc3ccncc3n2)c1.Cc1[c-]c(-c2ccc3ccncc3n2)cc(C(C)(C)C)c1.Cc1[c-]c(-c2ccc3ccncc3n2)cc(C(C)C)c1.[Ir].[Ir].[Ir].[Ir]. The maximum absolute atomic E-state index is 11.5. The zero-order chi connectivity index (χ0) is 103. The van der Waals surface area contributed by atoms with Gasteiger partial charge in [-0.2, -0.15) is 0 Å². The number of pyridine rings is 8. The Hall–Kier alpha value is -9.44. The van der Waals surface area contributed by atoms with E-state index in [-0.39, 0.29) is 154 Å².